The van der Waals surface area contributed by atoms with Crippen molar-refractivity contribution in [3.05, 3.63) is 53.6 Å². The molecular weight excluding hydrogens is 457 g/mol. The number of ether oxygens (including phenoxy) is 2. The van der Waals surface area contributed by atoms with Gasteiger partial charge in [0.25, 0.3) is 0 Å². The van der Waals surface area contributed by atoms with E-state index < -0.39 is 54.9 Å². The minimum Gasteiger partial charge on any atom is -0.462 e. The van der Waals surface area contributed by atoms with Gasteiger partial charge in [0.05, 0.1) is 24.7 Å². The number of carbonyl (C=O) groups excluding carboxylic acids is 1. The summed E-state index contributed by atoms with van der Waals surface area (Å²) in [6.45, 7) is 0.432. The van der Waals surface area contributed by atoms with E-state index in [2.05, 4.69) is 5.32 Å². The van der Waals surface area contributed by atoms with Crippen molar-refractivity contribution in [3.63, 3.8) is 0 Å². The van der Waals surface area contributed by atoms with Crippen molar-refractivity contribution in [1.29, 1.82) is 5.26 Å². The third kappa shape index (κ3) is 5.48. The lowest BCUT2D eigenvalue weighted by Crippen LogP contribution is -2.65. The molecule has 0 radical (unpaired) electrons. The summed E-state index contributed by atoms with van der Waals surface area (Å²) in [5.74, 6) is -0.881. The van der Waals surface area contributed by atoms with Gasteiger partial charge in [-0.15, -0.1) is 0 Å². The smallest absolute Gasteiger partial charge is 0.417 e. The molecule has 5 atom stereocenters. The SMILES string of the molecule is CC(=O)N[C@H]1[C@H](Oc2cccc(C(F)(F)F)c2-c2cccc(CC#N)c2)O[C@H](CO)[C@H](O)[C@@H]1O. The molecule has 1 heterocycles. The van der Waals surface area contributed by atoms with Gasteiger partial charge >= 0.3 is 6.18 Å². The molecule has 4 N–H and O–H groups in total. The maximum absolute atomic E-state index is 13.9. The first-order chi connectivity index (χ1) is 16.1. The highest BCUT2D eigenvalue weighted by Gasteiger charge is 2.46. The van der Waals surface area contributed by atoms with Crippen LogP contribution in [0.2, 0.25) is 0 Å². The number of aliphatic hydroxyl groups is 3. The fourth-order valence-corrected chi connectivity index (χ4v) is 3.79. The number of benzene rings is 2. The minimum absolute atomic E-state index is 0.0170. The van der Waals surface area contributed by atoms with E-state index in [1.807, 2.05) is 6.07 Å². The van der Waals surface area contributed by atoms with Crippen molar-refractivity contribution in [2.45, 2.75) is 50.2 Å². The van der Waals surface area contributed by atoms with E-state index in [9.17, 15) is 33.3 Å². The van der Waals surface area contributed by atoms with Crippen LogP contribution in [0, 0.1) is 11.3 Å². The minimum atomic E-state index is -4.76. The molecule has 3 rings (SSSR count). The van der Waals surface area contributed by atoms with Crippen molar-refractivity contribution < 1.29 is 42.8 Å². The number of hydrogen-bond acceptors (Lipinski definition) is 7. The second kappa shape index (κ2) is 10.4. The van der Waals surface area contributed by atoms with Gasteiger partial charge in [-0.25, -0.2) is 0 Å². The highest BCUT2D eigenvalue weighted by molar-refractivity contribution is 5.75. The number of rotatable bonds is 6. The fourth-order valence-electron chi connectivity index (χ4n) is 3.79. The van der Waals surface area contributed by atoms with Crippen molar-refractivity contribution >= 4 is 5.91 Å². The Morgan fingerprint density at radius 1 is 1.21 bits per heavy atom. The van der Waals surface area contributed by atoms with Crippen LogP contribution in [0.4, 0.5) is 13.2 Å². The predicted octanol–water partition coefficient (Wildman–Crippen LogP) is 1.76. The van der Waals surface area contributed by atoms with Gasteiger partial charge in [0, 0.05) is 12.5 Å². The normalized spacial score (nSPS) is 24.8. The van der Waals surface area contributed by atoms with E-state index in [-0.39, 0.29) is 23.3 Å². The second-order valence-electron chi connectivity index (χ2n) is 7.76. The summed E-state index contributed by atoms with van der Waals surface area (Å²) in [6, 6.07) is 9.85. The van der Waals surface area contributed by atoms with E-state index in [1.165, 1.54) is 24.3 Å². The Bertz CT molecular complexity index is 1070. The van der Waals surface area contributed by atoms with E-state index in [4.69, 9.17) is 14.7 Å². The number of nitriles is 1. The van der Waals surface area contributed by atoms with Gasteiger partial charge in [-0.05, 0) is 29.3 Å². The summed E-state index contributed by atoms with van der Waals surface area (Å²) < 4.78 is 53.0. The van der Waals surface area contributed by atoms with Crippen LogP contribution in [-0.2, 0) is 22.1 Å². The van der Waals surface area contributed by atoms with Gasteiger partial charge in [-0.3, -0.25) is 4.79 Å². The molecule has 0 saturated carbocycles. The standard InChI is InChI=1S/C23H23F3N2O6/c1-12(30)28-19-21(32)20(31)17(11-29)34-22(19)33-16-7-3-6-15(23(24,25)26)18(16)14-5-2-4-13(10-14)8-9-27/h2-7,10,17,19-22,29,31-32H,8,11H2,1H3,(H,28,30)/t17-,19-,20+,21-,22-/m1/s1. The molecule has 1 aliphatic rings. The zero-order valence-electron chi connectivity index (χ0n) is 18.0. The maximum Gasteiger partial charge on any atom is 0.417 e. The molecule has 1 saturated heterocycles. The summed E-state index contributed by atoms with van der Waals surface area (Å²) >= 11 is 0. The van der Waals surface area contributed by atoms with E-state index in [1.54, 1.807) is 6.07 Å². The highest BCUT2D eigenvalue weighted by atomic mass is 19.4. The molecule has 2 aromatic carbocycles. The maximum atomic E-state index is 13.9. The van der Waals surface area contributed by atoms with Crippen LogP contribution in [-0.4, -0.2) is 58.5 Å². The quantitative estimate of drug-likeness (QED) is 0.495. The second-order valence-corrected chi connectivity index (χ2v) is 7.76. The first-order valence-corrected chi connectivity index (χ1v) is 10.3. The molecule has 182 valence electrons. The number of aliphatic hydroxyl groups excluding tert-OH is 3. The fraction of sp³-hybridized carbons (Fsp3) is 0.391. The van der Waals surface area contributed by atoms with E-state index in [0.717, 1.165) is 19.1 Å². The van der Waals surface area contributed by atoms with Gasteiger partial charge in [-0.1, -0.05) is 24.3 Å². The Balaban J connectivity index is 2.11. The summed E-state index contributed by atoms with van der Waals surface area (Å²) in [5.41, 5.74) is -0.722. The molecule has 0 spiro atoms. The van der Waals surface area contributed by atoms with Gasteiger partial charge < -0.3 is 30.1 Å². The van der Waals surface area contributed by atoms with Crippen LogP contribution in [0.3, 0.4) is 0 Å². The Hall–Kier alpha value is -3.17. The first-order valence-electron chi connectivity index (χ1n) is 10.3. The molecule has 1 fully saturated rings. The van der Waals surface area contributed by atoms with Crippen LogP contribution >= 0.6 is 0 Å². The number of alkyl halides is 3. The predicted molar refractivity (Wildman–Crippen MR) is 112 cm³/mol. The van der Waals surface area contributed by atoms with Crippen molar-refractivity contribution in [1.82, 2.24) is 5.32 Å². The van der Waals surface area contributed by atoms with Gasteiger partial charge in [-0.2, -0.15) is 18.4 Å². The molecule has 8 nitrogen and oxygen atoms in total. The monoisotopic (exact) mass is 480 g/mol. The Morgan fingerprint density at radius 2 is 1.91 bits per heavy atom. The average Bonchev–Trinajstić information content (AvgIpc) is 2.78. The molecule has 11 heteroatoms. The lowest BCUT2D eigenvalue weighted by molar-refractivity contribution is -0.244. The molecule has 0 aliphatic carbocycles. The lowest BCUT2D eigenvalue weighted by Gasteiger charge is -2.42. The average molecular weight is 480 g/mol. The summed E-state index contributed by atoms with van der Waals surface area (Å²) in [5, 5.41) is 41.4. The van der Waals surface area contributed by atoms with Crippen LogP contribution in [0.25, 0.3) is 11.1 Å². The van der Waals surface area contributed by atoms with Crippen molar-refractivity contribution in [3.8, 4) is 22.9 Å². The van der Waals surface area contributed by atoms with Gasteiger partial charge in [0.1, 0.15) is 30.1 Å². The van der Waals surface area contributed by atoms with E-state index >= 15 is 0 Å². The first kappa shape index (κ1) is 25.5. The van der Waals surface area contributed by atoms with Gasteiger partial charge in [0.15, 0.2) is 0 Å². The zero-order chi connectivity index (χ0) is 25.0. The number of hydrogen-bond donors (Lipinski definition) is 4. The third-order valence-corrected chi connectivity index (χ3v) is 5.32. The summed E-state index contributed by atoms with van der Waals surface area (Å²) in [7, 11) is 0. The lowest BCUT2D eigenvalue weighted by atomic mass is 9.95. The largest absolute Gasteiger partial charge is 0.462 e. The molecule has 2 aromatic rings. The number of halogens is 3. The molecule has 0 bridgehead atoms. The molecule has 34 heavy (non-hydrogen) atoms. The van der Waals surface area contributed by atoms with Crippen molar-refractivity contribution in [2.75, 3.05) is 6.61 Å². The third-order valence-electron chi connectivity index (χ3n) is 5.32. The number of amides is 1. The van der Waals surface area contributed by atoms with Crippen LogP contribution in [0.5, 0.6) is 5.75 Å². The number of nitrogens with one attached hydrogen (secondary N) is 1. The van der Waals surface area contributed by atoms with Crippen LogP contribution in [0.1, 0.15) is 18.1 Å². The van der Waals surface area contributed by atoms with Crippen LogP contribution < -0.4 is 10.1 Å². The van der Waals surface area contributed by atoms with Crippen LogP contribution in [0.15, 0.2) is 42.5 Å². The van der Waals surface area contributed by atoms with E-state index in [0.29, 0.717) is 5.56 Å². The van der Waals surface area contributed by atoms with Crippen molar-refractivity contribution in [2.24, 2.45) is 0 Å². The highest BCUT2D eigenvalue weighted by Crippen LogP contribution is 2.43. The molecule has 0 unspecified atom stereocenters. The number of carbonyl (C=O) groups is 1. The Morgan fingerprint density at radius 3 is 2.53 bits per heavy atom. The Kier molecular flexibility index (Phi) is 7.78. The molecule has 0 aromatic heterocycles. The Labute approximate surface area is 193 Å². The molecule has 1 aliphatic heterocycles. The molecular formula is C23H23F3N2O6. The van der Waals surface area contributed by atoms with Gasteiger partial charge in [0.2, 0.25) is 12.2 Å². The summed E-state index contributed by atoms with van der Waals surface area (Å²) in [6.07, 6.45) is -10.8. The number of nitrogens with zero attached hydrogens (tertiary/aromatic N) is 1. The topological polar surface area (TPSA) is 132 Å². The summed E-state index contributed by atoms with van der Waals surface area (Å²) in [4.78, 5) is 11.6. The molecule has 1 amide bonds. The zero-order valence-corrected chi connectivity index (χ0v) is 18.0.